The van der Waals surface area contributed by atoms with Crippen molar-refractivity contribution in [2.45, 2.75) is 117 Å². The first-order valence-electron chi connectivity index (χ1n) is 16.0. The molecule has 0 aromatic carbocycles. The van der Waals surface area contributed by atoms with Crippen LogP contribution in [0.15, 0.2) is 4.99 Å². The van der Waals surface area contributed by atoms with Crippen molar-refractivity contribution >= 4 is 17.8 Å². The maximum absolute atomic E-state index is 12.5. The van der Waals surface area contributed by atoms with Gasteiger partial charge in [-0.2, -0.15) is 0 Å². The number of rotatable bonds is 17. The number of amides is 1. The van der Waals surface area contributed by atoms with Gasteiger partial charge in [0.1, 0.15) is 73.7 Å². The minimum Gasteiger partial charge on any atom is -0.862 e. The summed E-state index contributed by atoms with van der Waals surface area (Å²) in [4.78, 5) is 28.2. The molecule has 0 aromatic rings. The minimum atomic E-state index is -2.91. The summed E-state index contributed by atoms with van der Waals surface area (Å²) < 4.78 is 33.5. The van der Waals surface area contributed by atoms with Gasteiger partial charge in [0.2, 0.25) is 5.91 Å². The molecule has 1 amide bonds. The van der Waals surface area contributed by atoms with E-state index in [-0.39, 0.29) is 42.7 Å². The number of carbonyl (C=O) groups excluding carboxylic acids is 1. The molecule has 0 spiro atoms. The van der Waals surface area contributed by atoms with Gasteiger partial charge in [-0.1, -0.05) is 0 Å². The molecule has 3 fully saturated rings. The normalized spacial score (nSPS) is 39.6. The molecule has 3 rings (SSSR count). The van der Waals surface area contributed by atoms with E-state index in [1.807, 2.05) is 0 Å². The van der Waals surface area contributed by atoms with E-state index in [2.05, 4.69) is 10.3 Å². The number of nitrogens with zero attached hydrogens (tertiary/aromatic N) is 1. The van der Waals surface area contributed by atoms with E-state index >= 15 is 0 Å². The van der Waals surface area contributed by atoms with Crippen molar-refractivity contribution in [1.29, 1.82) is 0 Å². The molecule has 3 aliphatic rings. The Morgan fingerprint density at radius 1 is 1.02 bits per heavy atom. The Morgan fingerprint density at radius 2 is 1.67 bits per heavy atom. The van der Waals surface area contributed by atoms with Gasteiger partial charge in [-0.05, 0) is 25.8 Å². The number of aliphatic carboxylic acids is 1. The maximum Gasteiger partial charge on any atom is 1.00 e. The van der Waals surface area contributed by atoms with Crippen LogP contribution in [0, 0.1) is 0 Å². The third kappa shape index (κ3) is 11.2. The Labute approximate surface area is 318 Å². The van der Waals surface area contributed by atoms with Gasteiger partial charge in [0, 0.05) is 6.42 Å². The molecule has 3 aliphatic heterocycles. The predicted molar refractivity (Wildman–Crippen MR) is 160 cm³/mol. The number of nitrogens with one attached hydrogen (secondary N) is 1. The number of aliphatic imine (C=N–C) groups is 1. The topological polar surface area (TPSA) is 386 Å². The summed E-state index contributed by atoms with van der Waals surface area (Å²) in [6.45, 7) is -2.58. The van der Waals surface area contributed by atoms with Crippen LogP contribution in [0.2, 0.25) is 0 Å². The van der Waals surface area contributed by atoms with Crippen LogP contribution in [0.4, 0.5) is 0 Å². The summed E-state index contributed by atoms with van der Waals surface area (Å²) in [6.07, 6.45) is -24.5. The number of carboxylic acids is 1. The second-order valence-corrected chi connectivity index (χ2v) is 12.2. The zero-order valence-corrected chi connectivity index (χ0v) is 30.4. The quantitative estimate of drug-likeness (QED) is 0.0283. The number of ether oxygens (including phenoxy) is 6. The van der Waals surface area contributed by atoms with Crippen LogP contribution >= 0.6 is 0 Å². The molecule has 14 N–H and O–H groups in total. The smallest absolute Gasteiger partial charge is 0.862 e. The summed E-state index contributed by atoms with van der Waals surface area (Å²) in [5.74, 6) is -6.63. The number of carboxylic acid groups (broad SMARTS) is 1. The summed E-state index contributed by atoms with van der Waals surface area (Å²) in [6, 6.07) is -3.05. The van der Waals surface area contributed by atoms with Gasteiger partial charge in [-0.3, -0.25) is 9.79 Å². The third-order valence-corrected chi connectivity index (χ3v) is 8.51. The molecule has 0 unspecified atom stereocenters. The van der Waals surface area contributed by atoms with E-state index in [4.69, 9.17) is 39.3 Å². The first-order valence-corrected chi connectivity index (χ1v) is 16.0. The van der Waals surface area contributed by atoms with Crippen molar-refractivity contribution in [3.8, 4) is 0 Å². The van der Waals surface area contributed by atoms with Gasteiger partial charge in [0.05, 0.1) is 38.6 Å². The van der Waals surface area contributed by atoms with E-state index in [0.717, 1.165) is 6.92 Å². The number of hydrogen-bond acceptors (Lipinski definition) is 21. The van der Waals surface area contributed by atoms with E-state index in [9.17, 15) is 65.8 Å². The SMILES string of the molecule is CC([O-])=N[C@H]1[C@H](OCCCN)O[C@H](CO)[C@@H](O[C@@H]2O[C@H](CO[C@]3(C(=O)O)C[C@H](O)[C@@H](NC(=O)CO)[C@H]([C@H](O)[C@H](O)CO)O3)[C@H](O)[C@H](O)[C@H]2O)[C@@H]1O.[Na+]. The molecular weight excluding hydrogens is 721 g/mol. The predicted octanol–water partition coefficient (Wildman–Crippen LogP) is -12.1. The van der Waals surface area contributed by atoms with Crippen molar-refractivity contribution in [1.82, 2.24) is 5.32 Å². The van der Waals surface area contributed by atoms with Gasteiger partial charge >= 0.3 is 35.5 Å². The summed E-state index contributed by atoms with van der Waals surface area (Å²) in [7, 11) is 0. The largest absolute Gasteiger partial charge is 1.00 e. The molecule has 0 saturated carbocycles. The van der Waals surface area contributed by atoms with Crippen LogP contribution in [0.25, 0.3) is 0 Å². The third-order valence-electron chi connectivity index (χ3n) is 8.51. The molecule has 0 bridgehead atoms. The van der Waals surface area contributed by atoms with E-state index in [1.165, 1.54) is 0 Å². The first kappa shape index (κ1) is 46.9. The Kier molecular flexibility index (Phi) is 19.1. The van der Waals surface area contributed by atoms with Crippen LogP contribution in [-0.2, 0) is 38.0 Å². The molecule has 3 saturated heterocycles. The van der Waals surface area contributed by atoms with Crippen LogP contribution in [-0.4, -0.2) is 211 Å². The zero-order valence-electron chi connectivity index (χ0n) is 28.4. The molecule has 23 nitrogen and oxygen atoms in total. The second kappa shape index (κ2) is 21.1. The standard InChI is InChI=1S/C28H49N3O20.Na/c1-10(35)30-17-20(41)23(13(7-33)48-25(17)46-4-2-3-29)50-26-22(43)21(42)19(40)14(49-26)9-47-28(27(44)45)5-11(36)16(31-15(38)8-34)24(51-28)18(39)12(37)6-32;/h11-14,16-26,32-34,36-37,39-43H,2-9,29H2,1H3,(H,30,35)(H,31,38)(H,44,45);/q;+1/p-1/t11-,12+,13+,14+,16+,17+,18+,19-,20+,21-,22+,23+,24+,25+,26-,28+;/m0./s1. The molecule has 24 heteroatoms. The fourth-order valence-corrected chi connectivity index (χ4v) is 5.80. The summed E-state index contributed by atoms with van der Waals surface area (Å²) in [5.41, 5.74) is 5.48. The van der Waals surface area contributed by atoms with Crippen molar-refractivity contribution in [3.05, 3.63) is 0 Å². The monoisotopic (exact) mass is 769 g/mol. The second-order valence-electron chi connectivity index (χ2n) is 12.2. The Morgan fingerprint density at radius 3 is 2.23 bits per heavy atom. The maximum atomic E-state index is 12.5. The number of carbonyl (C=O) groups is 2. The molecule has 52 heavy (non-hydrogen) atoms. The molecule has 0 radical (unpaired) electrons. The van der Waals surface area contributed by atoms with E-state index < -0.39 is 148 Å². The van der Waals surface area contributed by atoms with Crippen LogP contribution < -0.4 is 45.7 Å². The Balaban J connectivity index is 0.00000936. The zero-order chi connectivity index (χ0) is 38.2. The van der Waals surface area contributed by atoms with Crippen molar-refractivity contribution in [2.24, 2.45) is 10.7 Å². The van der Waals surface area contributed by atoms with Gasteiger partial charge in [0.15, 0.2) is 12.6 Å². The molecular formula is C28H48N3NaO20. The average molecular weight is 770 g/mol. The van der Waals surface area contributed by atoms with Crippen LogP contribution in [0.3, 0.4) is 0 Å². The number of hydrogen-bond donors (Lipinski definition) is 13. The van der Waals surface area contributed by atoms with Gasteiger partial charge in [-0.25, -0.2) is 4.79 Å². The molecule has 16 atom stereocenters. The number of nitrogens with two attached hydrogens (primary N) is 1. The van der Waals surface area contributed by atoms with Crippen LogP contribution in [0.5, 0.6) is 0 Å². The Bertz CT molecular complexity index is 1160. The van der Waals surface area contributed by atoms with Gasteiger partial charge in [-0.15, -0.1) is 0 Å². The molecule has 0 aliphatic carbocycles. The average Bonchev–Trinajstić information content (AvgIpc) is 3.10. The fraction of sp³-hybridized carbons (Fsp3) is 0.893. The van der Waals surface area contributed by atoms with Crippen molar-refractivity contribution in [2.75, 3.05) is 39.6 Å². The van der Waals surface area contributed by atoms with E-state index in [0.29, 0.717) is 6.42 Å². The van der Waals surface area contributed by atoms with Gasteiger partial charge in [0.25, 0.3) is 5.79 Å². The molecule has 3 heterocycles. The summed E-state index contributed by atoms with van der Waals surface area (Å²) in [5, 5.41) is 127. The molecule has 296 valence electrons. The number of aliphatic hydroxyl groups excluding tert-OH is 10. The first-order chi connectivity index (χ1) is 24.0. The molecule has 0 aromatic heterocycles. The van der Waals surface area contributed by atoms with Crippen molar-refractivity contribution < 1.29 is 129 Å². The Hall–Kier alpha value is -1.27. The minimum absolute atomic E-state index is 0. The van der Waals surface area contributed by atoms with Crippen LogP contribution in [0.1, 0.15) is 19.8 Å². The van der Waals surface area contributed by atoms with Gasteiger partial charge < -0.3 is 101 Å². The number of aliphatic hydroxyl groups is 10. The summed E-state index contributed by atoms with van der Waals surface area (Å²) >= 11 is 0. The van der Waals surface area contributed by atoms with E-state index in [1.54, 1.807) is 0 Å². The van der Waals surface area contributed by atoms with Crippen molar-refractivity contribution in [3.63, 3.8) is 0 Å². The fourth-order valence-electron chi connectivity index (χ4n) is 5.80.